The van der Waals surface area contributed by atoms with Gasteiger partial charge in [0.1, 0.15) is 23.0 Å². The van der Waals surface area contributed by atoms with Gasteiger partial charge in [0.15, 0.2) is 5.82 Å². The molecule has 4 aromatic rings. The molecule has 0 radical (unpaired) electrons. The van der Waals surface area contributed by atoms with Gasteiger partial charge >= 0.3 is 0 Å². The first-order chi connectivity index (χ1) is 18.4. The van der Waals surface area contributed by atoms with Gasteiger partial charge in [0.2, 0.25) is 0 Å². The third-order valence-corrected chi connectivity index (χ3v) is 7.84. The molecule has 198 valence electrons. The Morgan fingerprint density at radius 3 is 2.61 bits per heavy atom. The molecule has 0 amide bonds. The molecule has 2 atom stereocenters. The Morgan fingerprint density at radius 2 is 1.84 bits per heavy atom. The van der Waals surface area contributed by atoms with Crippen molar-refractivity contribution in [2.75, 3.05) is 19.6 Å². The summed E-state index contributed by atoms with van der Waals surface area (Å²) in [6, 6.07) is 5.51. The van der Waals surface area contributed by atoms with E-state index in [0.29, 0.717) is 46.1 Å². The molecule has 1 N–H and O–H groups in total. The molecule has 0 saturated carbocycles. The van der Waals surface area contributed by atoms with E-state index >= 15 is 0 Å². The van der Waals surface area contributed by atoms with E-state index in [2.05, 4.69) is 30.2 Å². The van der Waals surface area contributed by atoms with Gasteiger partial charge in [-0.05, 0) is 69.8 Å². The second-order valence-electron chi connectivity index (χ2n) is 10.9. The number of hydrogen-bond acceptors (Lipinski definition) is 6. The Balaban J connectivity index is 1.20. The lowest BCUT2D eigenvalue weighted by Crippen LogP contribution is -2.40. The lowest BCUT2D eigenvalue weighted by Gasteiger charge is -2.24. The van der Waals surface area contributed by atoms with Crippen molar-refractivity contribution in [3.63, 3.8) is 0 Å². The summed E-state index contributed by atoms with van der Waals surface area (Å²) >= 11 is 0. The summed E-state index contributed by atoms with van der Waals surface area (Å²) in [5.74, 6) is 1.11. The predicted molar refractivity (Wildman–Crippen MR) is 143 cm³/mol. The summed E-state index contributed by atoms with van der Waals surface area (Å²) in [6.45, 7) is 10.0. The van der Waals surface area contributed by atoms with Crippen molar-refractivity contribution < 1.29 is 8.78 Å². The van der Waals surface area contributed by atoms with Crippen LogP contribution in [0.3, 0.4) is 0 Å². The van der Waals surface area contributed by atoms with Gasteiger partial charge in [-0.15, -0.1) is 0 Å². The topological polar surface area (TPSA) is 71.8 Å². The smallest absolute Gasteiger partial charge is 0.151 e. The van der Waals surface area contributed by atoms with E-state index in [9.17, 15) is 8.78 Å². The van der Waals surface area contributed by atoms with Crippen LogP contribution >= 0.6 is 0 Å². The van der Waals surface area contributed by atoms with E-state index in [1.165, 1.54) is 25.1 Å². The van der Waals surface area contributed by atoms with Crippen molar-refractivity contribution in [2.24, 2.45) is 5.92 Å². The molecule has 0 spiro atoms. The maximum atomic E-state index is 15.0. The van der Waals surface area contributed by atoms with Crippen LogP contribution < -0.4 is 5.32 Å². The Kier molecular flexibility index (Phi) is 6.65. The van der Waals surface area contributed by atoms with E-state index in [1.807, 2.05) is 37.7 Å². The Morgan fingerprint density at radius 1 is 1.03 bits per heavy atom. The molecule has 9 heteroatoms. The van der Waals surface area contributed by atoms with Crippen molar-refractivity contribution >= 4 is 11.0 Å². The quantitative estimate of drug-likeness (QED) is 0.395. The number of nitrogens with zero attached hydrogens (tertiary/aromatic N) is 6. The Bertz CT molecular complexity index is 1450. The minimum Gasteiger partial charge on any atom is -0.326 e. The highest BCUT2D eigenvalue weighted by atomic mass is 19.1. The van der Waals surface area contributed by atoms with E-state index < -0.39 is 11.6 Å². The molecule has 2 aliphatic heterocycles. The SMILES string of the molecule is Cc1nc2c(F)cc(-c3cc(Cc4ncc(CN5CC6CCCNC6C5)cn4)ncc3F)cc2n1C(C)C. The second-order valence-corrected chi connectivity index (χ2v) is 10.9. The highest BCUT2D eigenvalue weighted by Gasteiger charge is 2.34. The Labute approximate surface area is 221 Å². The fourth-order valence-electron chi connectivity index (χ4n) is 6.12. The van der Waals surface area contributed by atoms with Crippen LogP contribution in [0, 0.1) is 24.5 Å². The van der Waals surface area contributed by atoms with Crippen LogP contribution in [-0.4, -0.2) is 55.1 Å². The van der Waals surface area contributed by atoms with Gasteiger partial charge in [-0.25, -0.2) is 23.7 Å². The summed E-state index contributed by atoms with van der Waals surface area (Å²) in [5, 5.41) is 3.64. The normalized spacial score (nSPS) is 19.9. The van der Waals surface area contributed by atoms with Crippen LogP contribution in [0.1, 0.15) is 55.6 Å². The standard InChI is InChI=1S/C29H33F2N7/c1-17(2)38-18(3)36-29-24(30)7-21(8-27(29)38)23-9-22(33-13-25(23)31)10-28-34-11-19(12-35-28)14-37-15-20-5-4-6-32-26(20)16-37/h7-9,11-13,17,20,26,32H,4-6,10,14-16H2,1-3H3. The van der Waals surface area contributed by atoms with Crippen LogP contribution in [-0.2, 0) is 13.0 Å². The number of aryl methyl sites for hydroxylation is 1. The lowest BCUT2D eigenvalue weighted by atomic mass is 9.94. The molecule has 2 aliphatic rings. The molecule has 2 unspecified atom stereocenters. The number of halogens is 2. The van der Waals surface area contributed by atoms with Crippen LogP contribution in [0.15, 0.2) is 36.8 Å². The molecule has 0 bridgehead atoms. The number of aromatic nitrogens is 5. The minimum absolute atomic E-state index is 0.0962. The summed E-state index contributed by atoms with van der Waals surface area (Å²) in [6.07, 6.45) is 7.86. The fraction of sp³-hybridized carbons (Fsp3) is 0.448. The summed E-state index contributed by atoms with van der Waals surface area (Å²) in [4.78, 5) is 20.2. The van der Waals surface area contributed by atoms with Gasteiger partial charge in [-0.2, -0.15) is 0 Å². The molecular formula is C29H33F2N7. The number of likely N-dealkylation sites (tertiary alicyclic amines) is 1. The van der Waals surface area contributed by atoms with E-state index in [-0.39, 0.29) is 6.04 Å². The third-order valence-electron chi connectivity index (χ3n) is 7.84. The summed E-state index contributed by atoms with van der Waals surface area (Å²) < 4.78 is 31.9. The van der Waals surface area contributed by atoms with Gasteiger partial charge in [0, 0.05) is 60.9 Å². The van der Waals surface area contributed by atoms with Crippen molar-refractivity contribution in [2.45, 2.75) is 58.7 Å². The number of imidazole rings is 1. The maximum absolute atomic E-state index is 15.0. The van der Waals surface area contributed by atoms with Crippen LogP contribution in [0.25, 0.3) is 22.2 Å². The third kappa shape index (κ3) is 4.80. The van der Waals surface area contributed by atoms with Crippen LogP contribution in [0.5, 0.6) is 0 Å². The zero-order valence-corrected chi connectivity index (χ0v) is 22.1. The average Bonchev–Trinajstić information content (AvgIpc) is 3.46. The predicted octanol–water partition coefficient (Wildman–Crippen LogP) is 4.83. The summed E-state index contributed by atoms with van der Waals surface area (Å²) in [5.41, 5.74) is 3.41. The highest BCUT2D eigenvalue weighted by Crippen LogP contribution is 2.31. The van der Waals surface area contributed by atoms with Crippen molar-refractivity contribution in [3.05, 3.63) is 71.3 Å². The minimum atomic E-state index is -0.503. The zero-order chi connectivity index (χ0) is 26.4. The first-order valence-corrected chi connectivity index (χ1v) is 13.4. The molecule has 5 heterocycles. The van der Waals surface area contributed by atoms with Crippen LogP contribution in [0.2, 0.25) is 0 Å². The van der Waals surface area contributed by atoms with Gasteiger partial charge in [-0.3, -0.25) is 9.88 Å². The second kappa shape index (κ2) is 10.1. The molecule has 2 fully saturated rings. The molecule has 6 rings (SSSR count). The lowest BCUT2D eigenvalue weighted by molar-refractivity contribution is 0.312. The molecule has 0 aliphatic carbocycles. The van der Waals surface area contributed by atoms with Crippen molar-refractivity contribution in [3.8, 4) is 11.1 Å². The molecule has 38 heavy (non-hydrogen) atoms. The van der Waals surface area contributed by atoms with Crippen LogP contribution in [0.4, 0.5) is 8.78 Å². The monoisotopic (exact) mass is 517 g/mol. The number of rotatable bonds is 6. The number of pyridine rings is 1. The molecular weight excluding hydrogens is 484 g/mol. The average molecular weight is 518 g/mol. The Hall–Kier alpha value is -3.30. The van der Waals surface area contributed by atoms with Crippen molar-refractivity contribution in [1.29, 1.82) is 0 Å². The summed E-state index contributed by atoms with van der Waals surface area (Å²) in [7, 11) is 0. The first-order valence-electron chi connectivity index (χ1n) is 13.4. The highest BCUT2D eigenvalue weighted by molar-refractivity contribution is 5.83. The fourth-order valence-corrected chi connectivity index (χ4v) is 6.12. The number of piperidine rings is 1. The largest absolute Gasteiger partial charge is 0.326 e. The molecule has 3 aromatic heterocycles. The van der Waals surface area contributed by atoms with E-state index in [1.54, 1.807) is 12.1 Å². The van der Waals surface area contributed by atoms with Gasteiger partial charge < -0.3 is 9.88 Å². The van der Waals surface area contributed by atoms with E-state index in [0.717, 1.165) is 43.5 Å². The van der Waals surface area contributed by atoms with Crippen molar-refractivity contribution in [1.82, 2.24) is 34.7 Å². The maximum Gasteiger partial charge on any atom is 0.151 e. The number of hydrogen-bond donors (Lipinski definition) is 1. The van der Waals surface area contributed by atoms with E-state index in [4.69, 9.17) is 0 Å². The molecule has 2 saturated heterocycles. The first kappa shape index (κ1) is 25.0. The zero-order valence-electron chi connectivity index (χ0n) is 22.1. The molecule has 7 nitrogen and oxygen atoms in total. The molecule has 1 aromatic carbocycles. The van der Waals surface area contributed by atoms with Gasteiger partial charge in [0.05, 0.1) is 18.1 Å². The number of nitrogens with one attached hydrogen (secondary N) is 1. The number of fused-ring (bicyclic) bond motifs is 2. The van der Waals surface area contributed by atoms with Gasteiger partial charge in [0.25, 0.3) is 0 Å². The number of benzene rings is 1. The van der Waals surface area contributed by atoms with Gasteiger partial charge in [-0.1, -0.05) is 0 Å².